The average Bonchev–Trinajstić information content (AvgIpc) is 2.28. The van der Waals surface area contributed by atoms with Gasteiger partial charge in [-0.1, -0.05) is 31.2 Å². The lowest BCUT2D eigenvalue weighted by Crippen LogP contribution is -2.19. The molecule has 0 heterocycles. The standard InChI is InChI=1S/C14H21N/c1-11(9-10-15)13-8-4-6-12-5-2-3-7-14(12)13/h2-3,5,7,11,13H,4,6,8-10,15H2,1H3. The van der Waals surface area contributed by atoms with Crippen LogP contribution >= 0.6 is 0 Å². The SMILES string of the molecule is CC(CCN)C1CCCc2ccccc21. The van der Waals surface area contributed by atoms with Crippen molar-refractivity contribution in [2.45, 2.75) is 38.5 Å². The number of hydrogen-bond donors (Lipinski definition) is 1. The summed E-state index contributed by atoms with van der Waals surface area (Å²) in [6.07, 6.45) is 5.11. The molecule has 1 aromatic rings. The monoisotopic (exact) mass is 203 g/mol. The van der Waals surface area contributed by atoms with Crippen LogP contribution in [-0.2, 0) is 6.42 Å². The van der Waals surface area contributed by atoms with Crippen LogP contribution in [0.1, 0.15) is 43.2 Å². The Morgan fingerprint density at radius 3 is 3.00 bits per heavy atom. The molecule has 0 aliphatic heterocycles. The highest BCUT2D eigenvalue weighted by atomic mass is 14.5. The van der Waals surface area contributed by atoms with Gasteiger partial charge in [0.1, 0.15) is 0 Å². The third kappa shape index (κ3) is 2.23. The van der Waals surface area contributed by atoms with Crippen molar-refractivity contribution in [1.82, 2.24) is 0 Å². The van der Waals surface area contributed by atoms with Crippen LogP contribution in [0.25, 0.3) is 0 Å². The smallest absolute Gasteiger partial charge is 0.00745 e. The van der Waals surface area contributed by atoms with Gasteiger partial charge in [0.25, 0.3) is 0 Å². The summed E-state index contributed by atoms with van der Waals surface area (Å²) >= 11 is 0. The van der Waals surface area contributed by atoms with E-state index >= 15 is 0 Å². The topological polar surface area (TPSA) is 26.0 Å². The van der Waals surface area contributed by atoms with E-state index in [1.165, 1.54) is 19.3 Å². The van der Waals surface area contributed by atoms with Crippen LogP contribution < -0.4 is 5.73 Å². The quantitative estimate of drug-likeness (QED) is 0.802. The predicted molar refractivity (Wildman–Crippen MR) is 65.0 cm³/mol. The predicted octanol–water partition coefficient (Wildman–Crippen LogP) is 3.09. The Morgan fingerprint density at radius 2 is 2.20 bits per heavy atom. The second-order valence-corrected chi connectivity index (χ2v) is 4.75. The second kappa shape index (κ2) is 4.80. The minimum absolute atomic E-state index is 0.733. The highest BCUT2D eigenvalue weighted by molar-refractivity contribution is 5.32. The van der Waals surface area contributed by atoms with E-state index in [1.807, 2.05) is 0 Å². The summed E-state index contributed by atoms with van der Waals surface area (Å²) in [6, 6.07) is 8.93. The van der Waals surface area contributed by atoms with Gasteiger partial charge < -0.3 is 5.73 Å². The summed E-state index contributed by atoms with van der Waals surface area (Å²) in [7, 11) is 0. The van der Waals surface area contributed by atoms with Gasteiger partial charge >= 0.3 is 0 Å². The van der Waals surface area contributed by atoms with Crippen LogP contribution in [0.5, 0.6) is 0 Å². The molecule has 1 aliphatic rings. The number of aryl methyl sites for hydroxylation is 1. The third-order valence-corrected chi connectivity index (χ3v) is 3.72. The van der Waals surface area contributed by atoms with E-state index < -0.39 is 0 Å². The van der Waals surface area contributed by atoms with Crippen molar-refractivity contribution in [2.24, 2.45) is 11.7 Å². The summed E-state index contributed by atoms with van der Waals surface area (Å²) in [4.78, 5) is 0. The Balaban J connectivity index is 2.21. The van der Waals surface area contributed by atoms with E-state index in [-0.39, 0.29) is 0 Å². The van der Waals surface area contributed by atoms with E-state index in [0.29, 0.717) is 0 Å². The highest BCUT2D eigenvalue weighted by Gasteiger charge is 2.23. The first-order valence-corrected chi connectivity index (χ1v) is 6.11. The van der Waals surface area contributed by atoms with Crippen molar-refractivity contribution in [2.75, 3.05) is 6.54 Å². The van der Waals surface area contributed by atoms with Gasteiger partial charge in [-0.2, -0.15) is 0 Å². The molecule has 82 valence electrons. The number of benzene rings is 1. The summed E-state index contributed by atoms with van der Waals surface area (Å²) in [5.41, 5.74) is 8.81. The summed E-state index contributed by atoms with van der Waals surface area (Å²) in [5.74, 6) is 1.48. The Labute approximate surface area is 92.7 Å². The van der Waals surface area contributed by atoms with Gasteiger partial charge in [-0.3, -0.25) is 0 Å². The van der Waals surface area contributed by atoms with E-state index in [4.69, 9.17) is 5.73 Å². The summed E-state index contributed by atoms with van der Waals surface area (Å²) in [5, 5.41) is 0. The average molecular weight is 203 g/mol. The maximum Gasteiger partial charge on any atom is -0.00745 e. The Kier molecular flexibility index (Phi) is 3.42. The maximum atomic E-state index is 5.66. The van der Waals surface area contributed by atoms with Crippen LogP contribution in [0.4, 0.5) is 0 Å². The number of nitrogens with two attached hydrogens (primary N) is 1. The van der Waals surface area contributed by atoms with Crippen LogP contribution in [0.3, 0.4) is 0 Å². The van der Waals surface area contributed by atoms with E-state index in [0.717, 1.165) is 24.8 Å². The lowest BCUT2D eigenvalue weighted by Gasteiger charge is -2.30. The largest absolute Gasteiger partial charge is 0.330 e. The molecule has 0 saturated heterocycles. The number of hydrogen-bond acceptors (Lipinski definition) is 1. The van der Waals surface area contributed by atoms with Gasteiger partial charge in [-0.15, -0.1) is 0 Å². The van der Waals surface area contributed by atoms with Crippen molar-refractivity contribution in [3.05, 3.63) is 35.4 Å². The van der Waals surface area contributed by atoms with Crippen LogP contribution in [-0.4, -0.2) is 6.54 Å². The van der Waals surface area contributed by atoms with Gasteiger partial charge in [-0.25, -0.2) is 0 Å². The highest BCUT2D eigenvalue weighted by Crippen LogP contribution is 2.37. The fourth-order valence-corrected chi connectivity index (χ4v) is 2.85. The van der Waals surface area contributed by atoms with E-state index in [1.54, 1.807) is 11.1 Å². The third-order valence-electron chi connectivity index (χ3n) is 3.72. The van der Waals surface area contributed by atoms with Crippen LogP contribution in [0.15, 0.2) is 24.3 Å². The van der Waals surface area contributed by atoms with Crippen molar-refractivity contribution in [1.29, 1.82) is 0 Å². The molecule has 0 bridgehead atoms. The molecule has 1 heteroatoms. The van der Waals surface area contributed by atoms with Crippen molar-refractivity contribution in [3.8, 4) is 0 Å². The molecule has 1 aromatic carbocycles. The van der Waals surface area contributed by atoms with Gasteiger partial charge in [0.2, 0.25) is 0 Å². The molecule has 0 amide bonds. The van der Waals surface area contributed by atoms with Gasteiger partial charge in [0, 0.05) is 0 Å². The second-order valence-electron chi connectivity index (χ2n) is 4.75. The lowest BCUT2D eigenvalue weighted by molar-refractivity contribution is 0.388. The van der Waals surface area contributed by atoms with Crippen molar-refractivity contribution in [3.63, 3.8) is 0 Å². The molecule has 0 saturated carbocycles. The maximum absolute atomic E-state index is 5.66. The first-order valence-electron chi connectivity index (χ1n) is 6.11. The normalized spacial score (nSPS) is 22.1. The number of rotatable bonds is 3. The molecule has 2 unspecified atom stereocenters. The first kappa shape index (κ1) is 10.7. The molecule has 0 radical (unpaired) electrons. The first-order chi connectivity index (χ1) is 7.33. The molecule has 0 spiro atoms. The Hall–Kier alpha value is -0.820. The zero-order chi connectivity index (χ0) is 10.7. The minimum atomic E-state index is 0.733. The Bertz CT molecular complexity index is 319. The minimum Gasteiger partial charge on any atom is -0.330 e. The zero-order valence-corrected chi connectivity index (χ0v) is 9.58. The van der Waals surface area contributed by atoms with Gasteiger partial charge in [0.15, 0.2) is 0 Å². The molecule has 1 nitrogen and oxygen atoms in total. The van der Waals surface area contributed by atoms with Crippen LogP contribution in [0.2, 0.25) is 0 Å². The summed E-state index contributed by atoms with van der Waals surface area (Å²) < 4.78 is 0. The summed E-state index contributed by atoms with van der Waals surface area (Å²) in [6.45, 7) is 3.17. The molecule has 2 atom stereocenters. The molecule has 2 N–H and O–H groups in total. The van der Waals surface area contributed by atoms with E-state index in [9.17, 15) is 0 Å². The molecular weight excluding hydrogens is 182 g/mol. The fourth-order valence-electron chi connectivity index (χ4n) is 2.85. The number of fused-ring (bicyclic) bond motifs is 1. The Morgan fingerprint density at radius 1 is 1.40 bits per heavy atom. The van der Waals surface area contributed by atoms with Gasteiger partial charge in [-0.05, 0) is 55.2 Å². The van der Waals surface area contributed by atoms with Crippen molar-refractivity contribution < 1.29 is 0 Å². The molecule has 1 aliphatic carbocycles. The molecule has 0 fully saturated rings. The van der Waals surface area contributed by atoms with Gasteiger partial charge in [0.05, 0.1) is 0 Å². The molecule has 0 aromatic heterocycles. The van der Waals surface area contributed by atoms with Crippen LogP contribution in [0, 0.1) is 5.92 Å². The van der Waals surface area contributed by atoms with Crippen molar-refractivity contribution >= 4 is 0 Å². The molecule has 15 heavy (non-hydrogen) atoms. The van der Waals surface area contributed by atoms with E-state index in [2.05, 4.69) is 31.2 Å². The molecular formula is C14H21N. The lowest BCUT2D eigenvalue weighted by atomic mass is 9.75. The molecule has 2 rings (SSSR count). The fraction of sp³-hybridized carbons (Fsp3) is 0.571. The zero-order valence-electron chi connectivity index (χ0n) is 9.58.